The number of carbonyl (C=O) groups excluding carboxylic acids is 2. The normalized spacial score (nSPS) is 14.3. The van der Waals surface area contributed by atoms with Crippen LogP contribution in [0.25, 0.3) is 16.8 Å². The molecule has 4 aromatic rings. The van der Waals surface area contributed by atoms with Crippen molar-refractivity contribution in [2.45, 2.75) is 20.1 Å². The molecule has 0 unspecified atom stereocenters. The van der Waals surface area contributed by atoms with E-state index in [9.17, 15) is 9.59 Å². The first-order chi connectivity index (χ1) is 18.4. The van der Waals surface area contributed by atoms with Crippen LogP contribution in [0.3, 0.4) is 0 Å². The molecule has 0 atom stereocenters. The molecule has 4 aromatic carbocycles. The number of urea groups is 1. The highest BCUT2D eigenvalue weighted by molar-refractivity contribution is 14.1. The number of hydrogen-bond acceptors (Lipinski definition) is 4. The zero-order valence-electron chi connectivity index (χ0n) is 20.5. The highest BCUT2D eigenvalue weighted by Crippen LogP contribution is 2.36. The topological polar surface area (TPSA) is 67.9 Å². The Morgan fingerprint density at radius 1 is 0.974 bits per heavy atom. The van der Waals surface area contributed by atoms with Crippen LogP contribution in [0.4, 0.5) is 4.79 Å². The number of benzene rings is 4. The van der Waals surface area contributed by atoms with Crippen molar-refractivity contribution in [1.29, 1.82) is 0 Å². The zero-order valence-corrected chi connectivity index (χ0v) is 24.3. The van der Waals surface area contributed by atoms with Crippen LogP contribution in [0.15, 0.2) is 89.0 Å². The molecule has 192 valence electrons. The van der Waals surface area contributed by atoms with Gasteiger partial charge in [-0.1, -0.05) is 70.5 Å². The molecule has 1 saturated heterocycles. The zero-order chi connectivity index (χ0) is 26.6. The Morgan fingerprint density at radius 2 is 1.74 bits per heavy atom. The van der Waals surface area contributed by atoms with Gasteiger partial charge in [-0.05, 0) is 87.3 Å². The third kappa shape index (κ3) is 5.71. The van der Waals surface area contributed by atoms with Crippen LogP contribution in [0, 0.1) is 3.57 Å². The minimum Gasteiger partial charge on any atom is -0.490 e. The summed E-state index contributed by atoms with van der Waals surface area (Å²) in [6, 6.07) is 25.2. The van der Waals surface area contributed by atoms with Crippen LogP contribution in [0.5, 0.6) is 11.5 Å². The molecule has 0 spiro atoms. The highest BCUT2D eigenvalue weighted by atomic mass is 127. The summed E-state index contributed by atoms with van der Waals surface area (Å²) < 4.78 is 13.9. The second kappa shape index (κ2) is 11.6. The predicted octanol–water partition coefficient (Wildman–Crippen LogP) is 7.28. The van der Waals surface area contributed by atoms with Gasteiger partial charge in [-0.3, -0.25) is 9.69 Å². The molecule has 1 fully saturated rings. The molecular weight excluding hydrogens is 659 g/mol. The van der Waals surface area contributed by atoms with E-state index in [1.807, 2.05) is 61.5 Å². The van der Waals surface area contributed by atoms with E-state index in [0.717, 1.165) is 35.5 Å². The Balaban J connectivity index is 1.38. The highest BCUT2D eigenvalue weighted by Gasteiger charge is 2.33. The number of nitrogens with zero attached hydrogens (tertiary/aromatic N) is 1. The van der Waals surface area contributed by atoms with Crippen LogP contribution in [0.1, 0.15) is 23.6 Å². The van der Waals surface area contributed by atoms with Crippen molar-refractivity contribution in [1.82, 2.24) is 10.2 Å². The van der Waals surface area contributed by atoms with Crippen molar-refractivity contribution in [3.8, 4) is 11.5 Å². The van der Waals surface area contributed by atoms with Gasteiger partial charge in [0.15, 0.2) is 11.5 Å². The van der Waals surface area contributed by atoms with Crippen molar-refractivity contribution < 1.29 is 19.1 Å². The van der Waals surface area contributed by atoms with E-state index in [2.05, 4.69) is 68.1 Å². The number of halogens is 2. The first-order valence-corrected chi connectivity index (χ1v) is 13.9. The first kappa shape index (κ1) is 26.2. The van der Waals surface area contributed by atoms with Crippen molar-refractivity contribution in [3.05, 3.63) is 109 Å². The van der Waals surface area contributed by atoms with Gasteiger partial charge in [0.25, 0.3) is 5.91 Å². The Hall–Kier alpha value is -3.37. The summed E-state index contributed by atoms with van der Waals surface area (Å²) in [7, 11) is 0. The van der Waals surface area contributed by atoms with E-state index >= 15 is 0 Å². The molecule has 1 N–H and O–H groups in total. The third-order valence-corrected chi connectivity index (χ3v) is 7.44. The van der Waals surface area contributed by atoms with E-state index in [1.54, 1.807) is 6.08 Å². The van der Waals surface area contributed by atoms with Gasteiger partial charge in [0.05, 0.1) is 16.7 Å². The molecule has 1 heterocycles. The summed E-state index contributed by atoms with van der Waals surface area (Å²) >= 11 is 5.61. The summed E-state index contributed by atoms with van der Waals surface area (Å²) in [5, 5.41) is 5.00. The minimum atomic E-state index is -0.445. The van der Waals surface area contributed by atoms with Gasteiger partial charge in [0.2, 0.25) is 0 Å². The average Bonchev–Trinajstić information content (AvgIpc) is 3.17. The maximum atomic E-state index is 13.0. The van der Waals surface area contributed by atoms with Crippen LogP contribution < -0.4 is 14.8 Å². The summed E-state index contributed by atoms with van der Waals surface area (Å²) in [5.41, 5.74) is 2.88. The van der Waals surface area contributed by atoms with Crippen LogP contribution in [0.2, 0.25) is 0 Å². The lowest BCUT2D eigenvalue weighted by Crippen LogP contribution is -2.30. The molecule has 5 rings (SSSR count). The van der Waals surface area contributed by atoms with Gasteiger partial charge in [-0.15, -0.1) is 0 Å². The fourth-order valence-electron chi connectivity index (χ4n) is 4.30. The Kier molecular flexibility index (Phi) is 7.99. The fraction of sp³-hybridized carbons (Fsp3) is 0.133. The van der Waals surface area contributed by atoms with Crippen molar-refractivity contribution in [3.63, 3.8) is 0 Å². The maximum Gasteiger partial charge on any atom is 0.329 e. The molecule has 6 nitrogen and oxygen atoms in total. The molecule has 0 radical (unpaired) electrons. The maximum absolute atomic E-state index is 13.0. The van der Waals surface area contributed by atoms with Gasteiger partial charge < -0.3 is 14.8 Å². The number of fused-ring (bicyclic) bond motifs is 1. The Morgan fingerprint density at radius 3 is 2.53 bits per heavy atom. The quantitative estimate of drug-likeness (QED) is 0.121. The summed E-state index contributed by atoms with van der Waals surface area (Å²) in [4.78, 5) is 26.8. The number of ether oxygens (including phenoxy) is 2. The van der Waals surface area contributed by atoms with E-state index in [4.69, 9.17) is 9.47 Å². The number of carbonyl (C=O) groups is 2. The molecule has 0 aliphatic carbocycles. The van der Waals surface area contributed by atoms with Gasteiger partial charge in [-0.2, -0.15) is 0 Å². The monoisotopic (exact) mass is 682 g/mol. The fourth-order valence-corrected chi connectivity index (χ4v) is 5.34. The Bertz CT molecular complexity index is 1550. The van der Waals surface area contributed by atoms with Crippen molar-refractivity contribution >= 4 is 67.3 Å². The van der Waals surface area contributed by atoms with Crippen molar-refractivity contribution in [2.24, 2.45) is 0 Å². The first-order valence-electron chi connectivity index (χ1n) is 12.1. The number of rotatable bonds is 8. The largest absolute Gasteiger partial charge is 0.490 e. The lowest BCUT2D eigenvalue weighted by molar-refractivity contribution is -0.123. The number of nitrogens with one attached hydrogen (secondary N) is 1. The number of hydrogen-bond donors (Lipinski definition) is 1. The standard InChI is InChI=1S/C30H24BrIN2O4/c1-2-37-27-16-20(15-26-29(35)34(30(36)33-26)17-19-10-12-23(31)13-11-19)14-25(32)28(27)38-18-22-8-5-7-21-6-3-4-9-24(21)22/h3-16H,2,17-18H2,1H3,(H,33,36)/b26-15+. The van der Waals surface area contributed by atoms with E-state index < -0.39 is 6.03 Å². The van der Waals surface area contributed by atoms with Gasteiger partial charge >= 0.3 is 6.03 Å². The Labute approximate surface area is 242 Å². The van der Waals surface area contributed by atoms with E-state index in [1.165, 1.54) is 4.90 Å². The van der Waals surface area contributed by atoms with Gasteiger partial charge in [0, 0.05) is 4.47 Å². The molecule has 1 aliphatic rings. The van der Waals surface area contributed by atoms with E-state index in [0.29, 0.717) is 24.7 Å². The summed E-state index contributed by atoms with van der Waals surface area (Å²) in [6.07, 6.45) is 1.67. The molecule has 0 saturated carbocycles. The summed E-state index contributed by atoms with van der Waals surface area (Å²) in [5.74, 6) is 0.846. The van der Waals surface area contributed by atoms with Crippen molar-refractivity contribution in [2.75, 3.05) is 6.61 Å². The second-order valence-electron chi connectivity index (χ2n) is 8.70. The minimum absolute atomic E-state index is 0.192. The second-order valence-corrected chi connectivity index (χ2v) is 10.8. The predicted molar refractivity (Wildman–Crippen MR) is 160 cm³/mol. The molecule has 3 amide bonds. The molecule has 0 bridgehead atoms. The molecular formula is C30H24BrIN2O4. The number of amides is 3. The third-order valence-electron chi connectivity index (χ3n) is 6.11. The molecule has 0 aromatic heterocycles. The summed E-state index contributed by atoms with van der Waals surface area (Å²) in [6.45, 7) is 2.94. The number of imide groups is 1. The van der Waals surface area contributed by atoms with Crippen LogP contribution >= 0.6 is 38.5 Å². The van der Waals surface area contributed by atoms with Crippen LogP contribution in [-0.4, -0.2) is 23.4 Å². The SMILES string of the molecule is CCOc1cc(/C=C2/NC(=O)N(Cc3ccc(Br)cc3)C2=O)cc(I)c1OCc1cccc2ccccc12. The smallest absolute Gasteiger partial charge is 0.329 e. The molecule has 8 heteroatoms. The lowest BCUT2D eigenvalue weighted by Gasteiger charge is -2.16. The van der Waals surface area contributed by atoms with E-state index in [-0.39, 0.29) is 18.1 Å². The molecule has 38 heavy (non-hydrogen) atoms. The lowest BCUT2D eigenvalue weighted by atomic mass is 10.1. The average molecular weight is 683 g/mol. The molecule has 1 aliphatic heterocycles. The van der Waals surface area contributed by atoms with Gasteiger partial charge in [0.1, 0.15) is 12.3 Å². The van der Waals surface area contributed by atoms with Gasteiger partial charge in [-0.25, -0.2) is 4.79 Å². The van der Waals surface area contributed by atoms with Crippen LogP contribution in [-0.2, 0) is 17.9 Å².